The molecule has 0 N–H and O–H groups in total. The molecule has 9 heteroatoms. The van der Waals surface area contributed by atoms with E-state index in [-0.39, 0.29) is 37.6 Å². The number of hydrogen-bond donors (Lipinski definition) is 0. The third-order valence-corrected chi connectivity index (χ3v) is 10.7. The molecule has 0 saturated heterocycles. The van der Waals surface area contributed by atoms with Gasteiger partial charge in [0.1, 0.15) is 5.82 Å². The van der Waals surface area contributed by atoms with Crippen molar-refractivity contribution in [3.8, 4) is 34.1 Å². The molecule has 3 heterocycles. The van der Waals surface area contributed by atoms with Crippen molar-refractivity contribution >= 4 is 21.8 Å². The predicted molar refractivity (Wildman–Crippen MR) is 220 cm³/mol. The summed E-state index contributed by atoms with van der Waals surface area (Å²) < 4.78 is 52.0. The summed E-state index contributed by atoms with van der Waals surface area (Å²) in [5, 5.41) is 7.06. The Morgan fingerprint density at radius 3 is 2.16 bits per heavy atom. The minimum Gasteiger partial charge on any atom is -0.509 e. The van der Waals surface area contributed by atoms with E-state index in [4.69, 9.17) is 9.84 Å². The molecule has 0 amide bonds. The van der Waals surface area contributed by atoms with Gasteiger partial charge in [-0.05, 0) is 83.0 Å². The minimum atomic E-state index is -4.51. The molecule has 0 spiro atoms. The van der Waals surface area contributed by atoms with Crippen LogP contribution in [-0.4, -0.2) is 19.3 Å². The maximum absolute atomic E-state index is 13.8. The zero-order valence-electron chi connectivity index (χ0n) is 33.8. The Morgan fingerprint density at radius 2 is 1.51 bits per heavy atom. The second-order valence-electron chi connectivity index (χ2n) is 15.7. The average Bonchev–Trinajstić information content (AvgIpc) is 3.72. The zero-order valence-corrected chi connectivity index (χ0v) is 35.4. The number of pyridine rings is 1. The number of nitrogens with zero attached hydrogens (tertiary/aromatic N) is 4. The van der Waals surface area contributed by atoms with Crippen molar-refractivity contribution < 1.29 is 38.3 Å². The summed E-state index contributed by atoms with van der Waals surface area (Å²) in [6.45, 7) is 17.6. The maximum Gasteiger partial charge on any atom is 2.00 e. The topological polar surface area (TPSA) is 44.9 Å². The Balaban J connectivity index is 0.00000549. The first-order chi connectivity index (χ1) is 26.7. The quantitative estimate of drug-likeness (QED) is 0.0961. The van der Waals surface area contributed by atoms with Gasteiger partial charge in [0.25, 0.3) is 0 Å². The molecule has 7 aromatic rings. The van der Waals surface area contributed by atoms with Gasteiger partial charge in [-0.1, -0.05) is 104 Å². The van der Waals surface area contributed by atoms with E-state index in [1.54, 1.807) is 4.57 Å². The molecule has 1 unspecified atom stereocenters. The van der Waals surface area contributed by atoms with Crippen molar-refractivity contribution in [2.45, 2.75) is 105 Å². The minimum absolute atomic E-state index is 0. The van der Waals surface area contributed by atoms with E-state index in [1.165, 1.54) is 28.5 Å². The number of para-hydroxylation sites is 1. The fourth-order valence-corrected chi connectivity index (χ4v) is 7.49. The molecule has 1 atom stereocenters. The van der Waals surface area contributed by atoms with Crippen LogP contribution in [0.4, 0.5) is 13.2 Å². The summed E-state index contributed by atoms with van der Waals surface area (Å²) in [5.41, 5.74) is 9.40. The summed E-state index contributed by atoms with van der Waals surface area (Å²) in [6.07, 6.45) is 1.33. The summed E-state index contributed by atoms with van der Waals surface area (Å²) in [6, 6.07) is 31.5. The number of fused-ring (bicyclic) bond motifs is 3. The number of halogens is 3. The number of ether oxygens (including phenoxy) is 1. The molecule has 0 bridgehead atoms. The Bertz CT molecular complexity index is 2520. The fourth-order valence-electron chi connectivity index (χ4n) is 7.49. The summed E-state index contributed by atoms with van der Waals surface area (Å²) in [5.74, 6) is 1.25. The molecule has 0 aliphatic carbocycles. The maximum atomic E-state index is 13.8. The number of rotatable bonds is 11. The van der Waals surface area contributed by atoms with Crippen LogP contribution in [0, 0.1) is 12.1 Å². The van der Waals surface area contributed by atoms with E-state index in [1.807, 2.05) is 42.5 Å². The van der Waals surface area contributed by atoms with E-state index in [0.717, 1.165) is 83.2 Å². The molecule has 4 aromatic carbocycles. The van der Waals surface area contributed by atoms with Gasteiger partial charge < -0.3 is 9.30 Å². The van der Waals surface area contributed by atoms with E-state index in [2.05, 4.69) is 101 Å². The number of hydrogen-bond acceptors (Lipinski definition) is 3. The molecule has 298 valence electrons. The number of alkyl halides is 3. The fraction of sp³-hybridized carbons (Fsp3) is 0.333. The van der Waals surface area contributed by atoms with Crippen molar-refractivity contribution in [1.82, 2.24) is 19.3 Å². The third-order valence-electron chi connectivity index (χ3n) is 10.7. The smallest absolute Gasteiger partial charge is 0.509 e. The monoisotopic (exact) mass is 860 g/mol. The molecular weight excluding hydrogens is 812 g/mol. The van der Waals surface area contributed by atoms with Crippen LogP contribution in [0.25, 0.3) is 44.4 Å². The molecule has 0 saturated carbocycles. The van der Waals surface area contributed by atoms with Gasteiger partial charge in [0, 0.05) is 28.8 Å². The SMILES string of the molecule is CCCc1nn(-c2[c-]c(Oc3[c-]c4c(cc3)c3ccccc3n4-c3cc(C(F)(F)F)ccn3)cc(C(C)(C)C)c2)c(C(C)CC)c1-c1cc(CC)cc(CC)c1.[Pd+2]. The van der Waals surface area contributed by atoms with Crippen molar-refractivity contribution in [1.29, 1.82) is 0 Å². The standard InChI is InChI=1S/C48H49F3N4O.Pd/c1-9-15-41-45(33-23-31(11-3)22-32(12-4)24-33)46(30(5)10-2)55(53-41)36-25-35(47(6,7)8)26-38(28-36)56-37-18-19-40-39-16-13-14-17-42(39)54(43(40)29-37)44-27-34(20-21-52-44)48(49,50)51;/h13-14,16-27,30H,9-12,15H2,1-8H3;/q-2;+2. The zero-order chi connectivity index (χ0) is 39.9. The summed E-state index contributed by atoms with van der Waals surface area (Å²) >= 11 is 0. The molecule has 3 aromatic heterocycles. The van der Waals surface area contributed by atoms with Gasteiger partial charge >= 0.3 is 26.6 Å². The van der Waals surface area contributed by atoms with Gasteiger partial charge in [-0.3, -0.25) is 4.68 Å². The van der Waals surface area contributed by atoms with Crippen molar-refractivity contribution in [3.05, 3.63) is 131 Å². The van der Waals surface area contributed by atoms with E-state index >= 15 is 0 Å². The third kappa shape index (κ3) is 8.33. The van der Waals surface area contributed by atoms with Gasteiger partial charge in [-0.25, -0.2) is 4.98 Å². The molecule has 7 rings (SSSR count). The average molecular weight is 861 g/mol. The first kappa shape index (κ1) is 41.9. The van der Waals surface area contributed by atoms with Gasteiger partial charge in [0.05, 0.1) is 17.0 Å². The molecular formula is C48H49F3N4OPd. The predicted octanol–water partition coefficient (Wildman–Crippen LogP) is 13.3. The number of benzene rings is 4. The molecule has 0 fully saturated rings. The largest absolute Gasteiger partial charge is 2.00 e. The normalized spacial score (nSPS) is 12.6. The van der Waals surface area contributed by atoms with Crippen LogP contribution in [-0.2, 0) is 51.3 Å². The van der Waals surface area contributed by atoms with Crippen LogP contribution in [0.2, 0.25) is 0 Å². The summed E-state index contributed by atoms with van der Waals surface area (Å²) in [4.78, 5) is 4.37. The van der Waals surface area contributed by atoms with Crippen LogP contribution < -0.4 is 4.74 Å². The molecule has 0 aliphatic heterocycles. The first-order valence-corrected chi connectivity index (χ1v) is 19.7. The van der Waals surface area contributed by atoms with Crippen LogP contribution in [0.1, 0.15) is 108 Å². The second kappa shape index (κ2) is 16.6. The van der Waals surface area contributed by atoms with Crippen molar-refractivity contribution in [3.63, 3.8) is 0 Å². The van der Waals surface area contributed by atoms with Crippen LogP contribution >= 0.6 is 0 Å². The van der Waals surface area contributed by atoms with E-state index in [0.29, 0.717) is 17.0 Å². The first-order valence-electron chi connectivity index (χ1n) is 19.7. The molecule has 57 heavy (non-hydrogen) atoms. The second-order valence-corrected chi connectivity index (χ2v) is 15.7. The van der Waals surface area contributed by atoms with Crippen LogP contribution in [0.15, 0.2) is 85.1 Å². The van der Waals surface area contributed by atoms with Gasteiger partial charge in [0.15, 0.2) is 0 Å². The van der Waals surface area contributed by atoms with Gasteiger partial charge in [-0.15, -0.1) is 41.3 Å². The van der Waals surface area contributed by atoms with Crippen LogP contribution in [0.3, 0.4) is 0 Å². The van der Waals surface area contributed by atoms with E-state index < -0.39 is 11.7 Å². The summed E-state index contributed by atoms with van der Waals surface area (Å²) in [7, 11) is 0. The molecule has 0 radical (unpaired) electrons. The van der Waals surface area contributed by atoms with Crippen molar-refractivity contribution in [2.75, 3.05) is 0 Å². The van der Waals surface area contributed by atoms with Gasteiger partial charge in [-0.2, -0.15) is 24.3 Å². The Hall–Kier alpha value is -4.71. The number of aryl methyl sites for hydroxylation is 3. The van der Waals surface area contributed by atoms with E-state index in [9.17, 15) is 13.2 Å². The van der Waals surface area contributed by atoms with Crippen molar-refractivity contribution in [2.24, 2.45) is 0 Å². The molecule has 0 aliphatic rings. The van der Waals surface area contributed by atoms with Gasteiger partial charge in [0.2, 0.25) is 0 Å². The Morgan fingerprint density at radius 1 is 0.789 bits per heavy atom. The molecule has 5 nitrogen and oxygen atoms in total. The Labute approximate surface area is 347 Å². The number of aromatic nitrogens is 4. The Kier molecular flexibility index (Phi) is 12.2. The van der Waals surface area contributed by atoms with Crippen LogP contribution in [0.5, 0.6) is 11.5 Å².